The molecule has 0 radical (unpaired) electrons. The lowest BCUT2D eigenvalue weighted by atomic mass is 9.80. The fourth-order valence-corrected chi connectivity index (χ4v) is 3.90. The van der Waals surface area contributed by atoms with Crippen LogP contribution in [-0.2, 0) is 19.2 Å². The van der Waals surface area contributed by atoms with Crippen LogP contribution in [0.3, 0.4) is 0 Å². The standard InChI is InChI=1S/C21H31NO4/c1-16(17-10-7-6-8-11-17)26-22-20(2,3)14-18(15-21(22,4)5)25-19(24)12-9-13-23/h6-8,10-11,13,16,18H,9,12,14-15H2,1-5H3. The molecule has 1 aromatic carbocycles. The molecule has 5 nitrogen and oxygen atoms in total. The highest BCUT2D eigenvalue weighted by molar-refractivity contribution is 5.72. The van der Waals surface area contributed by atoms with Crippen molar-refractivity contribution in [3.63, 3.8) is 0 Å². The third-order valence-electron chi connectivity index (χ3n) is 4.85. The molecule has 2 rings (SSSR count). The minimum absolute atomic E-state index is 0.0681. The summed E-state index contributed by atoms with van der Waals surface area (Å²) < 4.78 is 5.62. The molecule has 0 N–H and O–H groups in total. The Morgan fingerprint density at radius 3 is 2.31 bits per heavy atom. The molecule has 0 spiro atoms. The van der Waals surface area contributed by atoms with Gasteiger partial charge in [0.05, 0.1) is 6.42 Å². The van der Waals surface area contributed by atoms with Crippen LogP contribution >= 0.6 is 0 Å². The van der Waals surface area contributed by atoms with Crippen LogP contribution in [0.4, 0.5) is 0 Å². The second-order valence-corrected chi connectivity index (χ2v) is 8.30. The summed E-state index contributed by atoms with van der Waals surface area (Å²) in [5, 5.41) is 2.06. The van der Waals surface area contributed by atoms with Gasteiger partial charge in [0.15, 0.2) is 0 Å². The van der Waals surface area contributed by atoms with Crippen molar-refractivity contribution in [2.45, 2.75) is 83.6 Å². The Labute approximate surface area is 156 Å². The van der Waals surface area contributed by atoms with Crippen LogP contribution in [0.5, 0.6) is 0 Å². The Bertz CT molecular complexity index is 594. The Kier molecular flexibility index (Phi) is 6.58. The van der Waals surface area contributed by atoms with Gasteiger partial charge in [-0.3, -0.25) is 9.63 Å². The van der Waals surface area contributed by atoms with Crippen LogP contribution in [0.2, 0.25) is 0 Å². The number of aldehydes is 1. The van der Waals surface area contributed by atoms with Crippen LogP contribution in [0.15, 0.2) is 30.3 Å². The third-order valence-corrected chi connectivity index (χ3v) is 4.85. The first kappa shape index (κ1) is 20.6. The number of rotatable bonds is 7. The summed E-state index contributed by atoms with van der Waals surface area (Å²) in [6.07, 6.45) is 2.23. The van der Waals surface area contributed by atoms with E-state index in [1.807, 2.05) is 25.1 Å². The lowest BCUT2D eigenvalue weighted by Crippen LogP contribution is -2.62. The molecule has 0 amide bonds. The van der Waals surface area contributed by atoms with Gasteiger partial charge < -0.3 is 9.53 Å². The summed E-state index contributed by atoms with van der Waals surface area (Å²) in [4.78, 5) is 28.7. The van der Waals surface area contributed by atoms with Gasteiger partial charge in [-0.1, -0.05) is 30.3 Å². The topological polar surface area (TPSA) is 55.8 Å². The predicted molar refractivity (Wildman–Crippen MR) is 100 cm³/mol. The monoisotopic (exact) mass is 361 g/mol. The number of piperidine rings is 1. The quantitative estimate of drug-likeness (QED) is 0.537. The Balaban J connectivity index is 2.07. The van der Waals surface area contributed by atoms with E-state index < -0.39 is 0 Å². The van der Waals surface area contributed by atoms with Crippen LogP contribution in [0.1, 0.15) is 72.0 Å². The summed E-state index contributed by atoms with van der Waals surface area (Å²) in [6.45, 7) is 10.5. The van der Waals surface area contributed by atoms with E-state index in [0.29, 0.717) is 12.8 Å². The van der Waals surface area contributed by atoms with E-state index in [9.17, 15) is 9.59 Å². The Morgan fingerprint density at radius 1 is 1.19 bits per heavy atom. The number of esters is 1. The molecule has 5 heteroatoms. The molecule has 0 bridgehead atoms. The molecule has 0 saturated carbocycles. The number of ether oxygens (including phenoxy) is 1. The second kappa shape index (κ2) is 8.31. The van der Waals surface area contributed by atoms with E-state index in [1.165, 1.54) is 0 Å². The maximum absolute atomic E-state index is 11.9. The van der Waals surface area contributed by atoms with E-state index in [-0.39, 0.29) is 42.1 Å². The van der Waals surface area contributed by atoms with Crippen molar-refractivity contribution < 1.29 is 19.2 Å². The van der Waals surface area contributed by atoms with Crippen molar-refractivity contribution in [2.24, 2.45) is 0 Å². The highest BCUT2D eigenvalue weighted by atomic mass is 16.7. The number of nitrogens with zero attached hydrogens (tertiary/aromatic N) is 1. The molecular weight excluding hydrogens is 330 g/mol. The third kappa shape index (κ3) is 5.15. The van der Waals surface area contributed by atoms with Crippen molar-refractivity contribution in [3.8, 4) is 0 Å². The van der Waals surface area contributed by atoms with E-state index >= 15 is 0 Å². The van der Waals surface area contributed by atoms with Gasteiger partial charge >= 0.3 is 5.97 Å². The summed E-state index contributed by atoms with van der Waals surface area (Å²) in [5.41, 5.74) is 0.544. The first-order valence-electron chi connectivity index (χ1n) is 9.31. The van der Waals surface area contributed by atoms with Crippen molar-refractivity contribution in [2.75, 3.05) is 0 Å². The zero-order valence-electron chi connectivity index (χ0n) is 16.5. The number of carbonyl (C=O) groups excluding carboxylic acids is 2. The molecule has 1 aliphatic heterocycles. The Hall–Kier alpha value is -1.72. The van der Waals surface area contributed by atoms with Crippen molar-refractivity contribution in [3.05, 3.63) is 35.9 Å². The fourth-order valence-electron chi connectivity index (χ4n) is 3.90. The van der Waals surface area contributed by atoms with Crippen molar-refractivity contribution in [1.29, 1.82) is 0 Å². The predicted octanol–water partition coefficient (Wildman–Crippen LogP) is 4.22. The van der Waals surface area contributed by atoms with Gasteiger partial charge in [0, 0.05) is 30.3 Å². The summed E-state index contributed by atoms with van der Waals surface area (Å²) >= 11 is 0. The molecular formula is C21H31NO4. The summed E-state index contributed by atoms with van der Waals surface area (Å²) in [6, 6.07) is 10.1. The number of hydrogen-bond donors (Lipinski definition) is 0. The smallest absolute Gasteiger partial charge is 0.306 e. The van der Waals surface area contributed by atoms with Gasteiger partial charge in [-0.05, 0) is 40.2 Å². The van der Waals surface area contributed by atoms with Crippen molar-refractivity contribution >= 4 is 12.3 Å². The van der Waals surface area contributed by atoms with Gasteiger partial charge in [0.25, 0.3) is 0 Å². The molecule has 1 fully saturated rings. The van der Waals surface area contributed by atoms with Gasteiger partial charge in [-0.2, -0.15) is 5.06 Å². The normalized spacial score (nSPS) is 21.1. The Morgan fingerprint density at radius 2 is 1.77 bits per heavy atom. The molecule has 1 saturated heterocycles. The van der Waals surface area contributed by atoms with Crippen molar-refractivity contribution in [1.82, 2.24) is 5.06 Å². The maximum Gasteiger partial charge on any atom is 0.306 e. The molecule has 0 aromatic heterocycles. The highest BCUT2D eigenvalue weighted by Gasteiger charge is 2.48. The molecule has 1 unspecified atom stereocenters. The largest absolute Gasteiger partial charge is 0.462 e. The van der Waals surface area contributed by atoms with Crippen LogP contribution in [0, 0.1) is 0 Å². The van der Waals surface area contributed by atoms with E-state index in [1.54, 1.807) is 0 Å². The van der Waals surface area contributed by atoms with E-state index in [0.717, 1.165) is 11.8 Å². The van der Waals surface area contributed by atoms with Crippen LogP contribution in [0.25, 0.3) is 0 Å². The first-order chi connectivity index (χ1) is 12.2. The van der Waals surface area contributed by atoms with Gasteiger partial charge in [-0.15, -0.1) is 0 Å². The average Bonchev–Trinajstić information content (AvgIpc) is 2.56. The van der Waals surface area contributed by atoms with Gasteiger partial charge in [0.2, 0.25) is 0 Å². The average molecular weight is 361 g/mol. The fraction of sp³-hybridized carbons (Fsp3) is 0.619. The lowest BCUT2D eigenvalue weighted by molar-refractivity contribution is -0.314. The van der Waals surface area contributed by atoms with Crippen LogP contribution < -0.4 is 0 Å². The molecule has 144 valence electrons. The SMILES string of the molecule is CC(ON1C(C)(C)CC(OC(=O)CCC=O)CC1(C)C)c1ccccc1. The molecule has 1 aliphatic rings. The summed E-state index contributed by atoms with van der Waals surface area (Å²) in [7, 11) is 0. The molecule has 1 heterocycles. The second-order valence-electron chi connectivity index (χ2n) is 8.30. The summed E-state index contributed by atoms with van der Waals surface area (Å²) in [5.74, 6) is -0.305. The number of carbonyl (C=O) groups is 2. The maximum atomic E-state index is 11.9. The van der Waals surface area contributed by atoms with E-state index in [2.05, 4.69) is 44.9 Å². The minimum atomic E-state index is -0.305. The number of hydroxylamine groups is 2. The van der Waals surface area contributed by atoms with Crippen LogP contribution in [-0.4, -0.2) is 34.5 Å². The lowest BCUT2D eigenvalue weighted by Gasteiger charge is -2.54. The molecule has 1 aromatic rings. The molecule has 26 heavy (non-hydrogen) atoms. The number of hydrogen-bond acceptors (Lipinski definition) is 5. The zero-order valence-corrected chi connectivity index (χ0v) is 16.5. The van der Waals surface area contributed by atoms with Gasteiger partial charge in [0.1, 0.15) is 18.5 Å². The zero-order chi connectivity index (χ0) is 19.4. The molecule has 0 aliphatic carbocycles. The minimum Gasteiger partial charge on any atom is -0.462 e. The highest BCUT2D eigenvalue weighted by Crippen LogP contribution is 2.41. The molecule has 1 atom stereocenters. The number of benzene rings is 1. The van der Waals surface area contributed by atoms with Gasteiger partial charge in [-0.25, -0.2) is 0 Å². The van der Waals surface area contributed by atoms with E-state index in [4.69, 9.17) is 9.57 Å². The first-order valence-corrected chi connectivity index (χ1v) is 9.31.